The van der Waals surface area contributed by atoms with Crippen LogP contribution < -0.4 is 0 Å². The molecule has 60 valence electrons. The summed E-state index contributed by atoms with van der Waals surface area (Å²) >= 11 is 0. The summed E-state index contributed by atoms with van der Waals surface area (Å²) in [4.78, 5) is 22.8. The Morgan fingerprint density at radius 1 is 1.91 bits per heavy atom. The smallest absolute Gasteiger partial charge is 0.417 e. The number of hydrogen-bond donors (Lipinski definition) is 0. The van der Waals surface area contributed by atoms with E-state index >= 15 is 0 Å². The molecule has 0 bridgehead atoms. The number of amides is 2. The Balaban J connectivity index is 2.76. The highest BCUT2D eigenvalue weighted by molar-refractivity contribution is 5.99. The molecule has 0 radical (unpaired) electrons. The predicted octanol–water partition coefficient (Wildman–Crippen LogP) is 0.540. The van der Waals surface area contributed by atoms with Gasteiger partial charge in [0.05, 0.1) is 6.04 Å². The van der Waals surface area contributed by atoms with Crippen molar-refractivity contribution < 1.29 is 14.3 Å². The van der Waals surface area contributed by atoms with Gasteiger partial charge in [-0.3, -0.25) is 4.79 Å². The standard InChI is InChI=1S/C7H9NO3/c1-3-6(9)8-5(2)4-11-7(8)10/h3,5H,1,4H2,2H3/t5-/m0/s1. The van der Waals surface area contributed by atoms with Gasteiger partial charge in [0.25, 0.3) is 5.91 Å². The second-order valence-electron chi connectivity index (χ2n) is 2.34. The third kappa shape index (κ3) is 1.24. The molecule has 0 spiro atoms. The third-order valence-electron chi connectivity index (χ3n) is 1.50. The van der Waals surface area contributed by atoms with Gasteiger partial charge in [0, 0.05) is 0 Å². The summed E-state index contributed by atoms with van der Waals surface area (Å²) < 4.78 is 4.62. The number of ether oxygens (including phenoxy) is 1. The number of rotatable bonds is 1. The van der Waals surface area contributed by atoms with E-state index in [4.69, 9.17) is 0 Å². The maximum Gasteiger partial charge on any atom is 0.417 e. The molecule has 0 aromatic carbocycles. The molecule has 1 aliphatic heterocycles. The lowest BCUT2D eigenvalue weighted by Crippen LogP contribution is -2.35. The summed E-state index contributed by atoms with van der Waals surface area (Å²) in [5, 5.41) is 0. The van der Waals surface area contributed by atoms with Crippen molar-refractivity contribution in [3.63, 3.8) is 0 Å². The van der Waals surface area contributed by atoms with Gasteiger partial charge >= 0.3 is 6.09 Å². The molecule has 1 rings (SSSR count). The van der Waals surface area contributed by atoms with Crippen molar-refractivity contribution in [3.8, 4) is 0 Å². The topological polar surface area (TPSA) is 46.6 Å². The van der Waals surface area contributed by atoms with E-state index < -0.39 is 12.0 Å². The van der Waals surface area contributed by atoms with Crippen molar-refractivity contribution in [2.24, 2.45) is 0 Å². The van der Waals surface area contributed by atoms with Gasteiger partial charge in [0.1, 0.15) is 6.61 Å². The minimum Gasteiger partial charge on any atom is -0.447 e. The second-order valence-corrected chi connectivity index (χ2v) is 2.34. The van der Waals surface area contributed by atoms with Crippen LogP contribution in [0, 0.1) is 0 Å². The molecule has 4 nitrogen and oxygen atoms in total. The summed E-state index contributed by atoms with van der Waals surface area (Å²) in [5.41, 5.74) is 0. The van der Waals surface area contributed by atoms with Gasteiger partial charge in [-0.05, 0) is 13.0 Å². The Kier molecular flexibility index (Phi) is 1.94. The van der Waals surface area contributed by atoms with Crippen LogP contribution in [-0.2, 0) is 9.53 Å². The maximum atomic E-state index is 10.9. The largest absolute Gasteiger partial charge is 0.447 e. The fraction of sp³-hybridized carbons (Fsp3) is 0.429. The van der Waals surface area contributed by atoms with Gasteiger partial charge in [-0.2, -0.15) is 0 Å². The van der Waals surface area contributed by atoms with Crippen molar-refractivity contribution in [2.45, 2.75) is 13.0 Å². The highest BCUT2D eigenvalue weighted by Crippen LogP contribution is 2.11. The first kappa shape index (κ1) is 7.78. The van der Waals surface area contributed by atoms with Gasteiger partial charge in [-0.1, -0.05) is 6.58 Å². The third-order valence-corrected chi connectivity index (χ3v) is 1.50. The van der Waals surface area contributed by atoms with Gasteiger partial charge in [-0.25, -0.2) is 9.69 Å². The first-order valence-corrected chi connectivity index (χ1v) is 3.29. The summed E-state index contributed by atoms with van der Waals surface area (Å²) in [6, 6.07) is -0.173. The van der Waals surface area contributed by atoms with Crippen molar-refractivity contribution in [1.29, 1.82) is 0 Å². The quantitative estimate of drug-likeness (QED) is 0.519. The number of cyclic esters (lactones) is 1. The molecule has 1 aliphatic rings. The number of hydrogen-bond acceptors (Lipinski definition) is 3. The highest BCUT2D eigenvalue weighted by Gasteiger charge is 2.33. The highest BCUT2D eigenvalue weighted by atomic mass is 16.6. The van der Waals surface area contributed by atoms with Crippen LogP contribution in [0.15, 0.2) is 12.7 Å². The van der Waals surface area contributed by atoms with Crippen molar-refractivity contribution in [3.05, 3.63) is 12.7 Å². The van der Waals surface area contributed by atoms with Gasteiger partial charge in [-0.15, -0.1) is 0 Å². The van der Waals surface area contributed by atoms with Gasteiger partial charge < -0.3 is 4.74 Å². The monoisotopic (exact) mass is 155 g/mol. The fourth-order valence-corrected chi connectivity index (χ4v) is 0.921. The first-order valence-electron chi connectivity index (χ1n) is 3.29. The average molecular weight is 155 g/mol. The van der Waals surface area contributed by atoms with Crippen LogP contribution in [0.4, 0.5) is 4.79 Å². The molecular formula is C7H9NO3. The van der Waals surface area contributed by atoms with Crippen LogP contribution in [-0.4, -0.2) is 29.5 Å². The summed E-state index contributed by atoms with van der Waals surface area (Å²) in [5.74, 6) is -0.403. The molecule has 0 unspecified atom stereocenters. The van der Waals surface area contributed by atoms with Crippen LogP contribution >= 0.6 is 0 Å². The number of nitrogens with zero attached hydrogens (tertiary/aromatic N) is 1. The molecule has 0 aromatic heterocycles. The van der Waals surface area contributed by atoms with Crippen LogP contribution in [0.25, 0.3) is 0 Å². The molecule has 0 aromatic rings. The summed E-state index contributed by atoms with van der Waals surface area (Å²) in [6.45, 7) is 5.29. The van der Waals surface area contributed by atoms with E-state index in [9.17, 15) is 9.59 Å². The molecule has 0 saturated carbocycles. The van der Waals surface area contributed by atoms with Crippen LogP contribution in [0.2, 0.25) is 0 Å². The zero-order valence-electron chi connectivity index (χ0n) is 6.24. The van der Waals surface area contributed by atoms with E-state index in [1.807, 2.05) is 0 Å². The van der Waals surface area contributed by atoms with E-state index in [-0.39, 0.29) is 12.6 Å². The summed E-state index contributed by atoms with van der Waals surface area (Å²) in [7, 11) is 0. The molecular weight excluding hydrogens is 146 g/mol. The Hall–Kier alpha value is -1.32. The van der Waals surface area contributed by atoms with E-state index in [0.29, 0.717) is 0 Å². The molecule has 0 N–H and O–H groups in total. The summed E-state index contributed by atoms with van der Waals surface area (Å²) in [6.07, 6.45) is 0.519. The van der Waals surface area contributed by atoms with Gasteiger partial charge in [0.15, 0.2) is 0 Å². The minimum absolute atomic E-state index is 0.173. The molecule has 1 heterocycles. The lowest BCUT2D eigenvalue weighted by Gasteiger charge is -2.12. The second kappa shape index (κ2) is 2.74. The molecule has 2 amide bonds. The van der Waals surface area contributed by atoms with Crippen molar-refractivity contribution >= 4 is 12.0 Å². The van der Waals surface area contributed by atoms with E-state index in [2.05, 4.69) is 11.3 Å². The number of carbonyl (C=O) groups is 2. The van der Waals surface area contributed by atoms with E-state index in [1.165, 1.54) is 0 Å². The van der Waals surface area contributed by atoms with Crippen molar-refractivity contribution in [2.75, 3.05) is 6.61 Å². The predicted molar refractivity (Wildman–Crippen MR) is 37.9 cm³/mol. The fourth-order valence-electron chi connectivity index (χ4n) is 0.921. The van der Waals surface area contributed by atoms with E-state index in [0.717, 1.165) is 11.0 Å². The Labute approximate surface area is 64.4 Å². The maximum absolute atomic E-state index is 10.9. The zero-order chi connectivity index (χ0) is 8.43. The van der Waals surface area contributed by atoms with Gasteiger partial charge in [0.2, 0.25) is 0 Å². The van der Waals surface area contributed by atoms with Crippen LogP contribution in [0.5, 0.6) is 0 Å². The Morgan fingerprint density at radius 2 is 2.55 bits per heavy atom. The lowest BCUT2D eigenvalue weighted by molar-refractivity contribution is -0.123. The molecule has 4 heteroatoms. The Morgan fingerprint density at radius 3 is 2.91 bits per heavy atom. The SMILES string of the molecule is C=CC(=O)N1C(=O)OC[C@@H]1C. The average Bonchev–Trinajstić information content (AvgIpc) is 2.30. The first-order chi connectivity index (χ1) is 5.16. The molecule has 1 fully saturated rings. The van der Waals surface area contributed by atoms with Crippen LogP contribution in [0.1, 0.15) is 6.92 Å². The minimum atomic E-state index is -0.581. The molecule has 1 saturated heterocycles. The normalized spacial score (nSPS) is 23.2. The van der Waals surface area contributed by atoms with Crippen LogP contribution in [0.3, 0.4) is 0 Å². The molecule has 1 atom stereocenters. The lowest BCUT2D eigenvalue weighted by atomic mass is 10.3. The molecule has 0 aliphatic carbocycles. The zero-order valence-corrected chi connectivity index (χ0v) is 6.24. The number of carbonyl (C=O) groups excluding carboxylic acids is 2. The Bertz CT molecular complexity index is 212. The molecule has 11 heavy (non-hydrogen) atoms. The van der Waals surface area contributed by atoms with E-state index in [1.54, 1.807) is 6.92 Å². The van der Waals surface area contributed by atoms with Crippen molar-refractivity contribution in [1.82, 2.24) is 4.90 Å². The number of imide groups is 1.